The molecule has 1 aliphatic carbocycles. The second-order valence-corrected chi connectivity index (χ2v) is 12.8. The molecule has 2 N–H and O–H groups in total. The van der Waals surface area contributed by atoms with Crippen LogP contribution in [-0.4, -0.2) is 54.5 Å². The van der Waals surface area contributed by atoms with Gasteiger partial charge >= 0.3 is 0 Å². The number of likely N-dealkylation sites (tertiary alicyclic amines) is 1. The molecule has 2 aromatic rings. The molecule has 6 heteroatoms. The molecule has 2 atom stereocenters. The van der Waals surface area contributed by atoms with Gasteiger partial charge in [0.25, 0.3) is 0 Å². The van der Waals surface area contributed by atoms with Gasteiger partial charge in [0.05, 0.1) is 5.52 Å². The van der Waals surface area contributed by atoms with Crippen LogP contribution in [0.3, 0.4) is 0 Å². The molecule has 6 nitrogen and oxygen atoms in total. The maximum Gasteiger partial charge on any atom is 0.158 e. The highest BCUT2D eigenvalue weighted by atomic mass is 15.3. The minimum absolute atomic E-state index is 0.627. The first-order valence-corrected chi connectivity index (χ1v) is 16.2. The van der Waals surface area contributed by atoms with Gasteiger partial charge in [0.1, 0.15) is 0 Å². The summed E-state index contributed by atoms with van der Waals surface area (Å²) in [5, 5.41) is 12.6. The molecule has 1 aromatic carbocycles. The van der Waals surface area contributed by atoms with Crippen molar-refractivity contribution in [2.45, 2.75) is 77.0 Å². The van der Waals surface area contributed by atoms with Crippen molar-refractivity contribution in [1.29, 1.82) is 0 Å². The van der Waals surface area contributed by atoms with Crippen molar-refractivity contribution in [2.24, 2.45) is 24.8 Å². The smallest absolute Gasteiger partial charge is 0.158 e. The van der Waals surface area contributed by atoms with Gasteiger partial charge in [-0.2, -0.15) is 5.10 Å². The summed E-state index contributed by atoms with van der Waals surface area (Å²) in [6.07, 6.45) is 16.7. The SMILES string of the molecule is C=CNCCC(CC(C)C1CCCCC1)CN1CCC(c2ccc3c(N(C)CCC(=C)NC=C)nn(C)c3c2)CC1. The van der Waals surface area contributed by atoms with Crippen molar-refractivity contribution in [2.75, 3.05) is 44.7 Å². The fourth-order valence-electron chi connectivity index (χ4n) is 7.32. The summed E-state index contributed by atoms with van der Waals surface area (Å²) in [6.45, 7) is 19.7. The Morgan fingerprint density at radius 3 is 2.59 bits per heavy atom. The van der Waals surface area contributed by atoms with Gasteiger partial charge < -0.3 is 20.4 Å². The Kier molecular flexibility index (Phi) is 11.8. The molecule has 1 saturated carbocycles. The average molecular weight is 561 g/mol. The van der Waals surface area contributed by atoms with Crippen molar-refractivity contribution in [3.05, 3.63) is 61.6 Å². The van der Waals surface area contributed by atoms with Gasteiger partial charge in [-0.3, -0.25) is 4.68 Å². The fraction of sp³-hybridized carbons (Fsp3) is 0.629. The minimum Gasteiger partial charge on any atom is -0.391 e. The van der Waals surface area contributed by atoms with E-state index >= 15 is 0 Å². The zero-order valence-electron chi connectivity index (χ0n) is 26.2. The number of benzene rings is 1. The lowest BCUT2D eigenvalue weighted by Crippen LogP contribution is -2.38. The van der Waals surface area contributed by atoms with E-state index in [9.17, 15) is 0 Å². The summed E-state index contributed by atoms with van der Waals surface area (Å²) >= 11 is 0. The van der Waals surface area contributed by atoms with E-state index in [0.717, 1.165) is 48.8 Å². The lowest BCUT2D eigenvalue weighted by molar-refractivity contribution is 0.150. The molecule has 2 unspecified atom stereocenters. The molecule has 0 radical (unpaired) electrons. The predicted octanol–water partition coefficient (Wildman–Crippen LogP) is 7.17. The lowest BCUT2D eigenvalue weighted by Gasteiger charge is -2.36. The number of nitrogens with one attached hydrogen (secondary N) is 2. The van der Waals surface area contributed by atoms with Gasteiger partial charge in [0.2, 0.25) is 0 Å². The molecule has 1 aromatic heterocycles. The molecule has 2 aliphatic rings. The Balaban J connectivity index is 1.33. The summed E-state index contributed by atoms with van der Waals surface area (Å²) in [6, 6.07) is 7.05. The molecule has 4 rings (SSSR count). The van der Waals surface area contributed by atoms with Crippen LogP contribution >= 0.6 is 0 Å². The Morgan fingerprint density at radius 2 is 1.88 bits per heavy atom. The molecule has 0 bridgehead atoms. The molecule has 2 fully saturated rings. The largest absolute Gasteiger partial charge is 0.391 e. The third-order valence-electron chi connectivity index (χ3n) is 9.85. The number of anilines is 1. The Bertz CT molecular complexity index is 1120. The molecule has 2 heterocycles. The molecule has 1 aliphatic heterocycles. The summed E-state index contributed by atoms with van der Waals surface area (Å²) in [7, 11) is 4.18. The lowest BCUT2D eigenvalue weighted by atomic mass is 9.76. The van der Waals surface area contributed by atoms with E-state index in [-0.39, 0.29) is 0 Å². The highest BCUT2D eigenvalue weighted by molar-refractivity contribution is 5.91. The van der Waals surface area contributed by atoms with Crippen LogP contribution < -0.4 is 15.5 Å². The van der Waals surface area contributed by atoms with Crippen LogP contribution in [0.1, 0.15) is 82.6 Å². The number of hydrogen-bond donors (Lipinski definition) is 2. The van der Waals surface area contributed by atoms with Crippen LogP contribution in [0.2, 0.25) is 0 Å². The maximum atomic E-state index is 4.89. The first kappa shape index (κ1) is 31.2. The van der Waals surface area contributed by atoms with Crippen LogP contribution in [0.4, 0.5) is 5.82 Å². The second kappa shape index (κ2) is 15.5. The Morgan fingerprint density at radius 1 is 1.12 bits per heavy atom. The number of aryl methyl sites for hydroxylation is 1. The number of aromatic nitrogens is 2. The maximum absolute atomic E-state index is 4.89. The summed E-state index contributed by atoms with van der Waals surface area (Å²) < 4.78 is 2.05. The first-order valence-electron chi connectivity index (χ1n) is 16.2. The minimum atomic E-state index is 0.627. The molecule has 41 heavy (non-hydrogen) atoms. The number of piperidine rings is 1. The first-order chi connectivity index (χ1) is 19.9. The zero-order chi connectivity index (χ0) is 29.2. The quantitative estimate of drug-likeness (QED) is 0.213. The normalized spacial score (nSPS) is 18.6. The van der Waals surface area contributed by atoms with E-state index in [1.54, 1.807) is 6.20 Å². The molecule has 1 saturated heterocycles. The van der Waals surface area contributed by atoms with E-state index in [1.807, 2.05) is 10.9 Å². The summed E-state index contributed by atoms with van der Waals surface area (Å²) in [5.41, 5.74) is 3.66. The van der Waals surface area contributed by atoms with E-state index in [2.05, 4.69) is 79.4 Å². The van der Waals surface area contributed by atoms with Crippen LogP contribution in [0.5, 0.6) is 0 Å². The standard InChI is InChI=1S/C35H56N6/c1-7-36-20-16-29(24-27(3)30-12-10-9-11-13-30)26-41-22-18-31(19-23-41)32-14-15-33-34(25-32)40(6)38-35(33)39(5)21-17-28(4)37-8-2/h7-8,14-15,25,27,29-31,36-37H,1-2,4,9-13,16-24,26H2,3,5-6H3. The third kappa shape index (κ3) is 8.64. The van der Waals surface area contributed by atoms with Crippen LogP contribution in [0.25, 0.3) is 10.9 Å². The molecule has 0 spiro atoms. The van der Waals surface area contributed by atoms with E-state index in [0.29, 0.717) is 5.92 Å². The highest BCUT2D eigenvalue weighted by Crippen LogP contribution is 2.36. The predicted molar refractivity (Wildman–Crippen MR) is 176 cm³/mol. The van der Waals surface area contributed by atoms with E-state index < -0.39 is 0 Å². The number of hydrogen-bond acceptors (Lipinski definition) is 5. The monoisotopic (exact) mass is 560 g/mol. The topological polar surface area (TPSA) is 48.4 Å². The van der Waals surface area contributed by atoms with Crippen molar-refractivity contribution in [1.82, 2.24) is 25.3 Å². The van der Waals surface area contributed by atoms with Crippen molar-refractivity contribution >= 4 is 16.7 Å². The zero-order valence-corrected chi connectivity index (χ0v) is 26.2. The third-order valence-corrected chi connectivity index (χ3v) is 9.85. The Hall–Kier alpha value is -2.73. The molecule has 226 valence electrons. The molecular formula is C35H56N6. The highest BCUT2D eigenvalue weighted by Gasteiger charge is 2.27. The van der Waals surface area contributed by atoms with Gasteiger partial charge in [-0.25, -0.2) is 0 Å². The van der Waals surface area contributed by atoms with Crippen molar-refractivity contribution in [3.63, 3.8) is 0 Å². The van der Waals surface area contributed by atoms with Gasteiger partial charge in [-0.15, -0.1) is 0 Å². The van der Waals surface area contributed by atoms with Crippen LogP contribution in [0.15, 0.2) is 56.0 Å². The van der Waals surface area contributed by atoms with Crippen LogP contribution in [0, 0.1) is 17.8 Å². The average Bonchev–Trinajstić information content (AvgIpc) is 3.32. The van der Waals surface area contributed by atoms with Gasteiger partial charge in [-0.05, 0) is 92.5 Å². The fourth-order valence-corrected chi connectivity index (χ4v) is 7.32. The van der Waals surface area contributed by atoms with E-state index in [4.69, 9.17) is 5.10 Å². The molecule has 0 amide bonds. The van der Waals surface area contributed by atoms with Crippen LogP contribution in [-0.2, 0) is 7.05 Å². The molecular weight excluding hydrogens is 504 g/mol. The van der Waals surface area contributed by atoms with Crippen molar-refractivity contribution < 1.29 is 0 Å². The van der Waals surface area contributed by atoms with Gasteiger partial charge in [-0.1, -0.05) is 64.8 Å². The summed E-state index contributed by atoms with van der Waals surface area (Å²) in [5.74, 6) is 4.22. The van der Waals surface area contributed by atoms with Gasteiger partial charge in [0.15, 0.2) is 5.82 Å². The van der Waals surface area contributed by atoms with Gasteiger partial charge in [0, 0.05) is 51.2 Å². The number of rotatable bonds is 16. The van der Waals surface area contributed by atoms with E-state index in [1.165, 1.54) is 93.9 Å². The number of fused-ring (bicyclic) bond motifs is 1. The second-order valence-electron chi connectivity index (χ2n) is 12.8. The van der Waals surface area contributed by atoms with Crippen molar-refractivity contribution in [3.8, 4) is 0 Å². The Labute approximate surface area is 249 Å². The number of nitrogens with zero attached hydrogens (tertiary/aromatic N) is 4. The summed E-state index contributed by atoms with van der Waals surface area (Å²) in [4.78, 5) is 4.99.